The Hall–Kier alpha value is -0.410. The predicted molar refractivity (Wildman–Crippen MR) is 72.7 cm³/mol. The van der Waals surface area contributed by atoms with Gasteiger partial charge in [0, 0.05) is 0 Å². The van der Waals surface area contributed by atoms with Gasteiger partial charge in [-0.1, -0.05) is 26.8 Å². The maximum Gasteiger partial charge on any atom is 0.137 e. The molecule has 1 aliphatic rings. The summed E-state index contributed by atoms with van der Waals surface area (Å²) in [6, 6.07) is 5.39. The molecule has 0 amide bonds. The van der Waals surface area contributed by atoms with Gasteiger partial charge in [-0.2, -0.15) is 0 Å². The zero-order chi connectivity index (χ0) is 12.6. The largest absolute Gasteiger partial charge is 0.317 e. The number of hydrogen-bond acceptors (Lipinski definition) is 1. The summed E-state index contributed by atoms with van der Waals surface area (Å²) in [5.74, 6) is 1.01. The Kier molecular flexibility index (Phi) is 3.60. The highest BCUT2D eigenvalue weighted by Crippen LogP contribution is 2.64. The number of halogens is 2. The van der Waals surface area contributed by atoms with Crippen LogP contribution < -0.4 is 5.32 Å². The van der Waals surface area contributed by atoms with E-state index in [0.717, 1.165) is 13.1 Å². The lowest BCUT2D eigenvalue weighted by molar-refractivity contribution is 0.525. The first-order valence-corrected chi connectivity index (χ1v) is 6.93. The molecule has 1 aromatic rings. The molecule has 0 saturated heterocycles. The van der Waals surface area contributed by atoms with Crippen LogP contribution in [0.25, 0.3) is 0 Å². The van der Waals surface area contributed by atoms with Crippen molar-refractivity contribution in [2.24, 2.45) is 11.3 Å². The molecule has 2 unspecified atom stereocenters. The first-order chi connectivity index (χ1) is 7.98. The van der Waals surface area contributed by atoms with Gasteiger partial charge in [-0.05, 0) is 64.0 Å². The van der Waals surface area contributed by atoms with E-state index in [0.29, 0.717) is 21.7 Å². The molecule has 3 heteroatoms. The van der Waals surface area contributed by atoms with Crippen LogP contribution in [0, 0.1) is 17.2 Å². The first-order valence-electron chi connectivity index (χ1n) is 6.14. The van der Waals surface area contributed by atoms with Gasteiger partial charge in [-0.25, -0.2) is 4.39 Å². The van der Waals surface area contributed by atoms with Gasteiger partial charge >= 0.3 is 0 Å². The fourth-order valence-electron chi connectivity index (χ4n) is 2.79. The van der Waals surface area contributed by atoms with Crippen molar-refractivity contribution < 1.29 is 4.39 Å². The maximum atomic E-state index is 13.2. The van der Waals surface area contributed by atoms with Crippen LogP contribution in [0.5, 0.6) is 0 Å². The standard InChI is InChI=1S/C14H19BrFN/c1-4-17-8-10-13(14(10,2)3)9-5-6-12(16)11(15)7-9/h5-7,10,13,17H,4,8H2,1-3H3. The smallest absolute Gasteiger partial charge is 0.137 e. The topological polar surface area (TPSA) is 12.0 Å². The third kappa shape index (κ3) is 2.41. The Morgan fingerprint density at radius 3 is 2.71 bits per heavy atom. The molecule has 0 radical (unpaired) electrons. The zero-order valence-electron chi connectivity index (χ0n) is 10.6. The van der Waals surface area contributed by atoms with E-state index in [1.54, 1.807) is 6.07 Å². The molecular formula is C14H19BrFN. The number of benzene rings is 1. The molecule has 17 heavy (non-hydrogen) atoms. The third-order valence-electron chi connectivity index (χ3n) is 3.97. The summed E-state index contributed by atoms with van der Waals surface area (Å²) in [5, 5.41) is 3.41. The Labute approximate surface area is 111 Å². The molecule has 1 fully saturated rings. The van der Waals surface area contributed by atoms with E-state index in [-0.39, 0.29) is 5.82 Å². The second-order valence-corrected chi connectivity index (χ2v) is 6.24. The van der Waals surface area contributed by atoms with E-state index >= 15 is 0 Å². The Balaban J connectivity index is 2.15. The quantitative estimate of drug-likeness (QED) is 0.888. The molecule has 1 N–H and O–H groups in total. The second-order valence-electron chi connectivity index (χ2n) is 5.39. The average molecular weight is 300 g/mol. The molecule has 2 atom stereocenters. The summed E-state index contributed by atoms with van der Waals surface area (Å²) in [6.45, 7) is 8.75. The van der Waals surface area contributed by atoms with Crippen molar-refractivity contribution in [2.45, 2.75) is 26.7 Å². The highest BCUT2D eigenvalue weighted by molar-refractivity contribution is 9.10. The molecule has 1 aliphatic carbocycles. The summed E-state index contributed by atoms with van der Waals surface area (Å²) < 4.78 is 13.8. The summed E-state index contributed by atoms with van der Waals surface area (Å²) in [4.78, 5) is 0. The van der Waals surface area contributed by atoms with Crippen LogP contribution in [0.3, 0.4) is 0 Å². The van der Waals surface area contributed by atoms with E-state index in [9.17, 15) is 4.39 Å². The lowest BCUT2D eigenvalue weighted by Gasteiger charge is -2.04. The van der Waals surface area contributed by atoms with Crippen molar-refractivity contribution in [3.63, 3.8) is 0 Å². The molecule has 0 aliphatic heterocycles. The predicted octanol–water partition coefficient (Wildman–Crippen LogP) is 3.94. The fourth-order valence-corrected chi connectivity index (χ4v) is 3.19. The van der Waals surface area contributed by atoms with Crippen LogP contribution in [0.1, 0.15) is 32.3 Å². The van der Waals surface area contributed by atoms with Crippen LogP contribution in [0.15, 0.2) is 22.7 Å². The molecule has 0 bridgehead atoms. The molecule has 1 nitrogen and oxygen atoms in total. The lowest BCUT2D eigenvalue weighted by Crippen LogP contribution is -2.17. The number of nitrogens with one attached hydrogen (secondary N) is 1. The summed E-state index contributed by atoms with van der Waals surface area (Å²) >= 11 is 3.26. The highest BCUT2D eigenvalue weighted by Gasteiger charge is 2.57. The lowest BCUT2D eigenvalue weighted by atomic mass is 10.0. The van der Waals surface area contributed by atoms with Crippen LogP contribution in [-0.4, -0.2) is 13.1 Å². The monoisotopic (exact) mass is 299 g/mol. The van der Waals surface area contributed by atoms with Gasteiger partial charge in [0.25, 0.3) is 0 Å². The van der Waals surface area contributed by atoms with Crippen LogP contribution in [0.4, 0.5) is 4.39 Å². The minimum Gasteiger partial charge on any atom is -0.317 e. The summed E-state index contributed by atoms with van der Waals surface area (Å²) in [5.41, 5.74) is 1.56. The minimum atomic E-state index is -0.185. The first kappa shape index (κ1) is 13.0. The zero-order valence-corrected chi connectivity index (χ0v) is 12.1. The van der Waals surface area contributed by atoms with Gasteiger partial charge in [0.05, 0.1) is 4.47 Å². The molecule has 1 aromatic carbocycles. The van der Waals surface area contributed by atoms with Gasteiger partial charge in [-0.3, -0.25) is 0 Å². The maximum absolute atomic E-state index is 13.2. The van der Waals surface area contributed by atoms with Gasteiger partial charge in [0.15, 0.2) is 0 Å². The van der Waals surface area contributed by atoms with E-state index < -0.39 is 0 Å². The number of rotatable bonds is 4. The normalized spacial score (nSPS) is 25.9. The summed E-state index contributed by atoms with van der Waals surface area (Å²) in [6.07, 6.45) is 0. The molecule has 0 aromatic heterocycles. The van der Waals surface area contributed by atoms with Crippen molar-refractivity contribution in [2.75, 3.05) is 13.1 Å². The van der Waals surface area contributed by atoms with Crippen molar-refractivity contribution in [1.29, 1.82) is 0 Å². The Bertz CT molecular complexity index is 417. The van der Waals surface area contributed by atoms with Gasteiger partial charge in [0.1, 0.15) is 5.82 Å². The van der Waals surface area contributed by atoms with Crippen molar-refractivity contribution >= 4 is 15.9 Å². The molecular weight excluding hydrogens is 281 g/mol. The van der Waals surface area contributed by atoms with E-state index in [2.05, 4.69) is 42.0 Å². The second kappa shape index (κ2) is 4.69. The van der Waals surface area contributed by atoms with E-state index in [1.165, 1.54) is 5.56 Å². The van der Waals surface area contributed by atoms with Crippen LogP contribution >= 0.6 is 15.9 Å². The fraction of sp³-hybridized carbons (Fsp3) is 0.571. The number of hydrogen-bond donors (Lipinski definition) is 1. The Morgan fingerprint density at radius 1 is 1.41 bits per heavy atom. The van der Waals surface area contributed by atoms with Gasteiger partial charge in [0.2, 0.25) is 0 Å². The van der Waals surface area contributed by atoms with E-state index in [4.69, 9.17) is 0 Å². The Morgan fingerprint density at radius 2 is 2.12 bits per heavy atom. The average Bonchev–Trinajstić information content (AvgIpc) is 2.82. The van der Waals surface area contributed by atoms with Crippen molar-refractivity contribution in [1.82, 2.24) is 5.32 Å². The SMILES string of the molecule is CCNCC1C(c2ccc(F)c(Br)c2)C1(C)C. The highest BCUT2D eigenvalue weighted by atomic mass is 79.9. The van der Waals surface area contributed by atoms with Crippen molar-refractivity contribution in [3.8, 4) is 0 Å². The minimum absolute atomic E-state index is 0.185. The molecule has 2 rings (SSSR count). The van der Waals surface area contributed by atoms with Crippen LogP contribution in [-0.2, 0) is 0 Å². The van der Waals surface area contributed by atoms with Crippen LogP contribution in [0.2, 0.25) is 0 Å². The van der Waals surface area contributed by atoms with Crippen molar-refractivity contribution in [3.05, 3.63) is 34.1 Å². The summed E-state index contributed by atoms with van der Waals surface area (Å²) in [7, 11) is 0. The molecule has 94 valence electrons. The molecule has 0 heterocycles. The van der Waals surface area contributed by atoms with Gasteiger partial charge in [-0.15, -0.1) is 0 Å². The van der Waals surface area contributed by atoms with Gasteiger partial charge < -0.3 is 5.32 Å². The molecule has 0 spiro atoms. The third-order valence-corrected chi connectivity index (χ3v) is 4.58. The van der Waals surface area contributed by atoms with E-state index in [1.807, 2.05) is 12.1 Å². The molecule has 1 saturated carbocycles.